The average molecular weight is 128 g/mol. The Morgan fingerprint density at radius 1 is 1.56 bits per heavy atom. The Labute approximate surface area is 56.6 Å². The molecule has 1 saturated heterocycles. The third-order valence-electron chi connectivity index (χ3n) is 1.37. The van der Waals surface area contributed by atoms with Gasteiger partial charge in [0.25, 0.3) is 0 Å². The fourth-order valence-electron chi connectivity index (χ4n) is 1.02. The highest BCUT2D eigenvalue weighted by Gasteiger charge is 2.16. The van der Waals surface area contributed by atoms with Gasteiger partial charge in [-0.2, -0.15) is 0 Å². The van der Waals surface area contributed by atoms with Gasteiger partial charge in [-0.15, -0.1) is 0 Å². The van der Waals surface area contributed by atoms with Gasteiger partial charge in [0.05, 0.1) is 6.10 Å². The highest BCUT2D eigenvalue weighted by Crippen LogP contribution is 2.09. The van der Waals surface area contributed by atoms with Crippen molar-refractivity contribution in [3.63, 3.8) is 0 Å². The lowest BCUT2D eigenvalue weighted by molar-refractivity contribution is -0.00214. The van der Waals surface area contributed by atoms with Crippen LogP contribution < -0.4 is 5.32 Å². The van der Waals surface area contributed by atoms with E-state index < -0.39 is 0 Å². The lowest BCUT2D eigenvalue weighted by Crippen LogP contribution is -2.21. The van der Waals surface area contributed by atoms with Crippen LogP contribution in [-0.2, 0) is 4.74 Å². The number of hydrogen-bond donors (Lipinski definition) is 0. The monoisotopic (exact) mass is 128 g/mol. The maximum atomic E-state index is 5.44. The first kappa shape index (κ1) is 7.03. The molecular weight excluding hydrogens is 114 g/mol. The van der Waals surface area contributed by atoms with Crippen molar-refractivity contribution in [1.82, 2.24) is 5.32 Å². The summed E-state index contributed by atoms with van der Waals surface area (Å²) in [5.74, 6) is 0. The second-order valence-corrected chi connectivity index (χ2v) is 2.69. The predicted octanol–water partition coefficient (Wildman–Crippen LogP) is 1.14. The molecule has 0 spiro atoms. The van der Waals surface area contributed by atoms with Gasteiger partial charge in [0.15, 0.2) is 0 Å². The molecule has 2 nitrogen and oxygen atoms in total. The van der Waals surface area contributed by atoms with E-state index in [1.807, 2.05) is 13.8 Å². The highest BCUT2D eigenvalue weighted by molar-refractivity contribution is 4.65. The Morgan fingerprint density at radius 2 is 2.33 bits per heavy atom. The van der Waals surface area contributed by atoms with Gasteiger partial charge in [-0.1, -0.05) is 0 Å². The molecule has 53 valence electrons. The van der Waals surface area contributed by atoms with Crippen LogP contribution in [0.4, 0.5) is 0 Å². The molecule has 9 heavy (non-hydrogen) atoms. The molecule has 0 aromatic heterocycles. The minimum atomic E-state index is 0.213. The van der Waals surface area contributed by atoms with Crippen molar-refractivity contribution < 1.29 is 4.74 Å². The lowest BCUT2D eigenvalue weighted by Gasteiger charge is -2.12. The molecule has 1 aliphatic heterocycles. The van der Waals surface area contributed by atoms with Gasteiger partial charge >= 0.3 is 0 Å². The average Bonchev–Trinajstić information content (AvgIpc) is 2.15. The van der Waals surface area contributed by atoms with Crippen LogP contribution in [0.2, 0.25) is 0 Å². The molecule has 0 aliphatic carbocycles. The third kappa shape index (κ3) is 2.33. The summed E-state index contributed by atoms with van der Waals surface area (Å²) >= 11 is 0. The summed E-state index contributed by atoms with van der Waals surface area (Å²) in [6.07, 6.45) is 2.87. The summed E-state index contributed by atoms with van der Waals surface area (Å²) < 4.78 is 5.44. The molecule has 2 heteroatoms. The van der Waals surface area contributed by atoms with Gasteiger partial charge in [0.2, 0.25) is 0 Å². The van der Waals surface area contributed by atoms with E-state index in [4.69, 9.17) is 4.74 Å². The van der Waals surface area contributed by atoms with Crippen molar-refractivity contribution in [2.24, 2.45) is 0 Å². The zero-order chi connectivity index (χ0) is 6.69. The molecule has 0 bridgehead atoms. The maximum absolute atomic E-state index is 5.44. The molecule has 1 heterocycles. The Balaban J connectivity index is 2.11. The van der Waals surface area contributed by atoms with Crippen LogP contribution in [0.1, 0.15) is 26.7 Å². The molecular formula is C7H14NO. The number of rotatable bonds is 2. The van der Waals surface area contributed by atoms with Crippen molar-refractivity contribution in [1.29, 1.82) is 0 Å². The van der Waals surface area contributed by atoms with E-state index in [2.05, 4.69) is 5.32 Å². The van der Waals surface area contributed by atoms with E-state index in [9.17, 15) is 0 Å². The van der Waals surface area contributed by atoms with Gasteiger partial charge in [0.1, 0.15) is 6.23 Å². The zero-order valence-electron chi connectivity index (χ0n) is 6.13. The van der Waals surface area contributed by atoms with Crippen molar-refractivity contribution in [2.75, 3.05) is 6.54 Å². The first-order valence-corrected chi connectivity index (χ1v) is 3.61. The van der Waals surface area contributed by atoms with Crippen LogP contribution in [0, 0.1) is 0 Å². The summed E-state index contributed by atoms with van der Waals surface area (Å²) in [6, 6.07) is 0. The molecule has 0 saturated carbocycles. The van der Waals surface area contributed by atoms with E-state index in [0.29, 0.717) is 6.10 Å². The minimum absolute atomic E-state index is 0.213. The normalized spacial score (nSPS) is 27.7. The summed E-state index contributed by atoms with van der Waals surface area (Å²) in [5, 5.41) is 4.25. The molecule has 0 amide bonds. The van der Waals surface area contributed by atoms with Gasteiger partial charge in [-0.25, -0.2) is 5.32 Å². The van der Waals surface area contributed by atoms with Crippen LogP contribution in [-0.4, -0.2) is 18.9 Å². The Hall–Kier alpha value is -0.0800. The predicted molar refractivity (Wildman–Crippen MR) is 36.2 cm³/mol. The second-order valence-electron chi connectivity index (χ2n) is 2.69. The summed E-state index contributed by atoms with van der Waals surface area (Å²) in [6.45, 7) is 5.10. The second kappa shape index (κ2) is 3.18. The summed E-state index contributed by atoms with van der Waals surface area (Å²) in [5.41, 5.74) is 0. The van der Waals surface area contributed by atoms with E-state index >= 15 is 0 Å². The summed E-state index contributed by atoms with van der Waals surface area (Å²) in [4.78, 5) is 0. The molecule has 0 aromatic rings. The molecule has 0 N–H and O–H groups in total. The molecule has 1 fully saturated rings. The van der Waals surface area contributed by atoms with Crippen LogP contribution in [0.25, 0.3) is 0 Å². The number of hydrogen-bond acceptors (Lipinski definition) is 1. The molecule has 1 unspecified atom stereocenters. The standard InChI is InChI=1S/C7H14NO/c1-6(2)9-7-4-3-5-8-7/h6-7H,3-5H2,1-2H3. The first-order valence-electron chi connectivity index (χ1n) is 3.61. The van der Waals surface area contributed by atoms with Crippen LogP contribution in [0.15, 0.2) is 0 Å². The van der Waals surface area contributed by atoms with E-state index in [1.54, 1.807) is 0 Å². The van der Waals surface area contributed by atoms with Crippen molar-refractivity contribution in [3.05, 3.63) is 0 Å². The van der Waals surface area contributed by atoms with E-state index in [0.717, 1.165) is 13.0 Å². The summed E-state index contributed by atoms with van der Waals surface area (Å²) in [7, 11) is 0. The highest BCUT2D eigenvalue weighted by atomic mass is 16.5. The van der Waals surface area contributed by atoms with E-state index in [1.165, 1.54) is 6.42 Å². The quantitative estimate of drug-likeness (QED) is 0.547. The topological polar surface area (TPSA) is 23.3 Å². The van der Waals surface area contributed by atoms with Crippen LogP contribution >= 0.6 is 0 Å². The Kier molecular flexibility index (Phi) is 2.49. The fourth-order valence-corrected chi connectivity index (χ4v) is 1.02. The van der Waals surface area contributed by atoms with Gasteiger partial charge in [-0.05, 0) is 26.7 Å². The molecule has 1 radical (unpaired) electrons. The van der Waals surface area contributed by atoms with Crippen molar-refractivity contribution in [2.45, 2.75) is 39.0 Å². The SMILES string of the molecule is CC(C)OC1CCC[N]1. The van der Waals surface area contributed by atoms with Crippen LogP contribution in [0.3, 0.4) is 0 Å². The third-order valence-corrected chi connectivity index (χ3v) is 1.37. The maximum Gasteiger partial charge on any atom is 0.123 e. The lowest BCUT2D eigenvalue weighted by atomic mass is 10.3. The van der Waals surface area contributed by atoms with Crippen molar-refractivity contribution >= 4 is 0 Å². The molecule has 1 rings (SSSR count). The minimum Gasteiger partial charge on any atom is -0.359 e. The van der Waals surface area contributed by atoms with Crippen molar-refractivity contribution in [3.8, 4) is 0 Å². The molecule has 1 aliphatic rings. The fraction of sp³-hybridized carbons (Fsp3) is 1.00. The molecule has 1 atom stereocenters. The van der Waals surface area contributed by atoms with E-state index in [-0.39, 0.29) is 6.23 Å². The van der Waals surface area contributed by atoms with Gasteiger partial charge in [0, 0.05) is 6.54 Å². The zero-order valence-corrected chi connectivity index (χ0v) is 6.13. The number of nitrogens with zero attached hydrogens (tertiary/aromatic N) is 1. The largest absolute Gasteiger partial charge is 0.359 e. The Bertz CT molecular complexity index is 77.0. The Morgan fingerprint density at radius 3 is 2.78 bits per heavy atom. The van der Waals surface area contributed by atoms with Gasteiger partial charge in [-0.3, -0.25) is 0 Å². The smallest absolute Gasteiger partial charge is 0.123 e. The van der Waals surface area contributed by atoms with Gasteiger partial charge < -0.3 is 4.74 Å². The number of ether oxygens (including phenoxy) is 1. The molecule has 0 aromatic carbocycles. The first-order chi connectivity index (χ1) is 4.29. The van der Waals surface area contributed by atoms with Crippen LogP contribution in [0.5, 0.6) is 0 Å².